The Balaban J connectivity index is 2.91. The zero-order valence-electron chi connectivity index (χ0n) is 16.1. The lowest BCUT2D eigenvalue weighted by atomic mass is 9.87. The van der Waals surface area contributed by atoms with Crippen LogP contribution in [0.1, 0.15) is 61.8 Å². The van der Waals surface area contributed by atoms with Gasteiger partial charge < -0.3 is 14.4 Å². The predicted molar refractivity (Wildman–Crippen MR) is 94.5 cm³/mol. The van der Waals surface area contributed by atoms with Gasteiger partial charge in [-0.1, -0.05) is 34.3 Å². The summed E-state index contributed by atoms with van der Waals surface area (Å²) < 4.78 is 12.1. The second-order valence-corrected chi connectivity index (χ2v) is 7.89. The molecule has 0 spiro atoms. The van der Waals surface area contributed by atoms with Crippen molar-refractivity contribution in [2.24, 2.45) is 11.8 Å². The largest absolute Gasteiger partial charge is 0.439 e. The van der Waals surface area contributed by atoms with Gasteiger partial charge in [0, 0.05) is 12.1 Å². The average molecular weight is 325 g/mol. The van der Waals surface area contributed by atoms with Crippen LogP contribution in [0.2, 0.25) is 0 Å². The molecule has 0 saturated carbocycles. The van der Waals surface area contributed by atoms with Gasteiger partial charge in [0.25, 0.3) is 0 Å². The highest BCUT2D eigenvalue weighted by Crippen LogP contribution is 2.33. The lowest BCUT2D eigenvalue weighted by molar-refractivity contribution is -0.129. The van der Waals surface area contributed by atoms with E-state index < -0.39 is 0 Å². The fourth-order valence-electron chi connectivity index (χ4n) is 3.17. The molecular weight excluding hydrogens is 290 g/mol. The Bertz CT molecular complexity index is 407. The Morgan fingerprint density at radius 2 is 1.61 bits per heavy atom. The van der Waals surface area contributed by atoms with Crippen molar-refractivity contribution in [3.05, 3.63) is 12.2 Å². The van der Waals surface area contributed by atoms with E-state index >= 15 is 0 Å². The van der Waals surface area contributed by atoms with Crippen LogP contribution in [-0.4, -0.2) is 41.4 Å². The molecule has 1 saturated heterocycles. The summed E-state index contributed by atoms with van der Waals surface area (Å²) in [5.41, 5.74) is 0.967. The fraction of sp³-hybridized carbons (Fsp3) is 0.842. The normalized spacial score (nSPS) is 25.6. The highest BCUT2D eigenvalue weighted by Gasteiger charge is 2.40. The molecule has 1 amide bonds. The molecule has 0 N–H and O–H groups in total. The van der Waals surface area contributed by atoms with Gasteiger partial charge in [0.2, 0.25) is 0 Å². The molecule has 4 nitrogen and oxygen atoms in total. The van der Waals surface area contributed by atoms with Crippen LogP contribution < -0.4 is 0 Å². The Morgan fingerprint density at radius 3 is 2.00 bits per heavy atom. The molecule has 1 aliphatic rings. The maximum Gasteiger partial charge on any atom is 0.410 e. The molecule has 0 radical (unpaired) electrons. The fourth-order valence-corrected chi connectivity index (χ4v) is 3.17. The molecule has 1 fully saturated rings. The van der Waals surface area contributed by atoms with E-state index in [0.29, 0.717) is 5.92 Å². The number of amides is 1. The maximum atomic E-state index is 12.6. The third-order valence-electron chi connectivity index (χ3n) is 4.45. The zero-order valence-corrected chi connectivity index (χ0v) is 16.1. The first-order valence-electron chi connectivity index (χ1n) is 8.88. The van der Waals surface area contributed by atoms with E-state index in [0.717, 1.165) is 12.0 Å². The average Bonchev–Trinajstić information content (AvgIpc) is 2.39. The smallest absolute Gasteiger partial charge is 0.410 e. The first-order chi connectivity index (χ1) is 10.6. The van der Waals surface area contributed by atoms with Gasteiger partial charge in [0.05, 0.1) is 6.10 Å². The molecular formula is C19H35NO3. The quantitative estimate of drug-likeness (QED) is 0.691. The van der Waals surface area contributed by atoms with E-state index in [-0.39, 0.29) is 42.4 Å². The Labute approximate surface area is 142 Å². The second-order valence-electron chi connectivity index (χ2n) is 7.89. The Hall–Kier alpha value is -1.03. The molecule has 0 aliphatic carbocycles. The third kappa shape index (κ3) is 4.97. The van der Waals surface area contributed by atoms with E-state index in [9.17, 15) is 4.79 Å². The molecule has 1 aliphatic heterocycles. The number of carbonyl (C=O) groups excluding carboxylic acids is 1. The van der Waals surface area contributed by atoms with Gasteiger partial charge in [-0.05, 0) is 51.5 Å². The summed E-state index contributed by atoms with van der Waals surface area (Å²) in [5, 5.41) is 0. The van der Waals surface area contributed by atoms with Gasteiger partial charge in [-0.3, -0.25) is 0 Å². The summed E-state index contributed by atoms with van der Waals surface area (Å²) in [6, 6.07) is 0.197. The number of hydrogen-bond donors (Lipinski definition) is 0. The SMILES string of the molecule is C=C1C[C@H](C(C)C)O[C@H](C(C)C)[C@@H]1OC(=O)N(C(C)C)C(C)C. The second kappa shape index (κ2) is 8.18. The van der Waals surface area contributed by atoms with Crippen LogP contribution in [0.4, 0.5) is 4.79 Å². The minimum atomic E-state index is -0.363. The van der Waals surface area contributed by atoms with Crippen LogP contribution in [0.3, 0.4) is 0 Å². The molecule has 0 unspecified atom stereocenters. The highest BCUT2D eigenvalue weighted by molar-refractivity contribution is 5.69. The summed E-state index contributed by atoms with van der Waals surface area (Å²) in [4.78, 5) is 14.4. The summed E-state index contributed by atoms with van der Waals surface area (Å²) >= 11 is 0. The van der Waals surface area contributed by atoms with Crippen LogP contribution in [0, 0.1) is 11.8 Å². The lowest BCUT2D eigenvalue weighted by Crippen LogP contribution is -2.50. The molecule has 1 rings (SSSR count). The minimum Gasteiger partial charge on any atom is -0.439 e. The number of nitrogens with zero attached hydrogens (tertiary/aromatic N) is 1. The van der Waals surface area contributed by atoms with Crippen molar-refractivity contribution in [1.29, 1.82) is 0 Å². The monoisotopic (exact) mass is 325 g/mol. The minimum absolute atomic E-state index is 0.0983. The molecule has 0 aromatic carbocycles. The van der Waals surface area contributed by atoms with Crippen LogP contribution in [0.5, 0.6) is 0 Å². The van der Waals surface area contributed by atoms with E-state index in [1.165, 1.54) is 0 Å². The maximum absolute atomic E-state index is 12.6. The molecule has 134 valence electrons. The molecule has 0 bridgehead atoms. The number of rotatable bonds is 5. The van der Waals surface area contributed by atoms with Gasteiger partial charge >= 0.3 is 6.09 Å². The van der Waals surface area contributed by atoms with Crippen molar-refractivity contribution in [2.45, 2.75) is 92.2 Å². The molecule has 23 heavy (non-hydrogen) atoms. The zero-order chi connectivity index (χ0) is 17.9. The Kier molecular flexibility index (Phi) is 7.12. The summed E-state index contributed by atoms with van der Waals surface area (Å²) in [6.07, 6.45) is 0.128. The van der Waals surface area contributed by atoms with Crippen LogP contribution >= 0.6 is 0 Å². The van der Waals surface area contributed by atoms with Crippen LogP contribution in [-0.2, 0) is 9.47 Å². The van der Waals surface area contributed by atoms with Crippen molar-refractivity contribution in [1.82, 2.24) is 4.90 Å². The third-order valence-corrected chi connectivity index (χ3v) is 4.45. The van der Waals surface area contributed by atoms with E-state index in [2.05, 4.69) is 34.3 Å². The lowest BCUT2D eigenvalue weighted by Gasteiger charge is -2.42. The van der Waals surface area contributed by atoms with Crippen LogP contribution in [0.15, 0.2) is 12.2 Å². The molecule has 0 aromatic heterocycles. The van der Waals surface area contributed by atoms with Crippen molar-refractivity contribution < 1.29 is 14.3 Å². The molecule has 0 aromatic rings. The first-order valence-corrected chi connectivity index (χ1v) is 8.88. The first kappa shape index (κ1) is 20.0. The highest BCUT2D eigenvalue weighted by atomic mass is 16.6. The number of hydrogen-bond acceptors (Lipinski definition) is 3. The van der Waals surface area contributed by atoms with Gasteiger partial charge in [-0.2, -0.15) is 0 Å². The topological polar surface area (TPSA) is 38.8 Å². The molecule has 3 atom stereocenters. The molecule has 4 heteroatoms. The van der Waals surface area contributed by atoms with Crippen molar-refractivity contribution in [3.8, 4) is 0 Å². The van der Waals surface area contributed by atoms with E-state index in [4.69, 9.17) is 9.47 Å². The van der Waals surface area contributed by atoms with Crippen molar-refractivity contribution in [2.75, 3.05) is 0 Å². The van der Waals surface area contributed by atoms with Gasteiger partial charge in [-0.25, -0.2) is 4.79 Å². The number of carbonyl (C=O) groups is 1. The van der Waals surface area contributed by atoms with Crippen molar-refractivity contribution >= 4 is 6.09 Å². The molecule has 1 heterocycles. The Morgan fingerprint density at radius 1 is 1.09 bits per heavy atom. The summed E-state index contributed by atoms with van der Waals surface area (Å²) in [5.74, 6) is 0.685. The van der Waals surface area contributed by atoms with Gasteiger partial charge in [-0.15, -0.1) is 0 Å². The summed E-state index contributed by atoms with van der Waals surface area (Å²) in [7, 11) is 0. The standard InChI is InChI=1S/C19H35NO3/c1-11(2)16-10-15(9)18(17(22-16)12(3)4)23-19(21)20(13(5)6)14(7)8/h11-14,16-18H,9-10H2,1-8H3/t16-,17-,18-/m1/s1. The van der Waals surface area contributed by atoms with Crippen LogP contribution in [0.25, 0.3) is 0 Å². The summed E-state index contributed by atoms with van der Waals surface area (Å²) in [6.45, 7) is 20.7. The van der Waals surface area contributed by atoms with E-state index in [1.807, 2.05) is 27.7 Å². The van der Waals surface area contributed by atoms with Gasteiger partial charge in [0.1, 0.15) is 6.10 Å². The van der Waals surface area contributed by atoms with E-state index in [1.54, 1.807) is 4.90 Å². The number of ether oxygens (including phenoxy) is 2. The predicted octanol–water partition coefficient (Wildman–Crippen LogP) is 4.64. The van der Waals surface area contributed by atoms with Crippen molar-refractivity contribution in [3.63, 3.8) is 0 Å². The van der Waals surface area contributed by atoms with Gasteiger partial charge in [0.15, 0.2) is 6.10 Å².